The molecule has 0 aliphatic carbocycles. The summed E-state index contributed by atoms with van der Waals surface area (Å²) in [5.74, 6) is 0. The van der Waals surface area contributed by atoms with Crippen molar-refractivity contribution in [3.05, 3.63) is 22.0 Å². The lowest BCUT2D eigenvalue weighted by Gasteiger charge is -2.34. The zero-order chi connectivity index (χ0) is 16.5. The molecule has 2 heterocycles. The van der Waals surface area contributed by atoms with Crippen LogP contribution < -0.4 is 0 Å². The molecule has 0 spiro atoms. The maximum atomic E-state index is 12.1. The van der Waals surface area contributed by atoms with Crippen LogP contribution in [0.2, 0.25) is 0 Å². The lowest BCUT2D eigenvalue weighted by molar-refractivity contribution is -0.385. The summed E-state index contributed by atoms with van der Waals surface area (Å²) in [6.07, 6.45) is 2.74. The number of rotatable bonds is 2. The fraction of sp³-hybridized carbons (Fsp3) is 0.714. The Kier molecular flexibility index (Phi) is 4.39. The van der Waals surface area contributed by atoms with Crippen molar-refractivity contribution < 1.29 is 14.5 Å². The van der Waals surface area contributed by atoms with E-state index in [1.54, 1.807) is 16.5 Å². The van der Waals surface area contributed by atoms with E-state index in [2.05, 4.69) is 5.10 Å². The number of hydrogen-bond donors (Lipinski definition) is 0. The van der Waals surface area contributed by atoms with Gasteiger partial charge in [0.15, 0.2) is 0 Å². The summed E-state index contributed by atoms with van der Waals surface area (Å²) < 4.78 is 6.98. The first-order valence-electron chi connectivity index (χ1n) is 7.35. The van der Waals surface area contributed by atoms with Crippen LogP contribution in [0.3, 0.4) is 0 Å². The third kappa shape index (κ3) is 3.75. The Morgan fingerprint density at radius 2 is 2.18 bits per heavy atom. The first kappa shape index (κ1) is 16.3. The highest BCUT2D eigenvalue weighted by atomic mass is 16.6. The molecule has 122 valence electrons. The molecule has 1 saturated heterocycles. The Morgan fingerprint density at radius 3 is 2.73 bits per heavy atom. The van der Waals surface area contributed by atoms with Crippen LogP contribution >= 0.6 is 0 Å². The Hall–Kier alpha value is -2.12. The summed E-state index contributed by atoms with van der Waals surface area (Å²) in [6.45, 7) is 8.18. The SMILES string of the molecule is Cc1nn(C2CCCN(C(=O)OC(C)(C)C)C2)cc1[N+](=O)[O-]. The number of likely N-dealkylation sites (tertiary alicyclic amines) is 1. The fourth-order valence-electron chi connectivity index (χ4n) is 2.50. The van der Waals surface area contributed by atoms with E-state index in [0.717, 1.165) is 12.8 Å². The summed E-state index contributed by atoms with van der Waals surface area (Å²) in [5.41, 5.74) is -0.140. The number of aromatic nitrogens is 2. The molecule has 1 atom stereocenters. The van der Waals surface area contributed by atoms with E-state index in [0.29, 0.717) is 18.8 Å². The maximum absolute atomic E-state index is 12.1. The van der Waals surface area contributed by atoms with Gasteiger partial charge >= 0.3 is 11.8 Å². The zero-order valence-corrected chi connectivity index (χ0v) is 13.4. The predicted octanol–water partition coefficient (Wildman–Crippen LogP) is 2.67. The van der Waals surface area contributed by atoms with Crippen molar-refractivity contribution in [1.29, 1.82) is 0 Å². The predicted molar refractivity (Wildman–Crippen MR) is 79.7 cm³/mol. The van der Waals surface area contributed by atoms with Gasteiger partial charge in [-0.05, 0) is 40.5 Å². The fourth-order valence-corrected chi connectivity index (χ4v) is 2.50. The molecule has 1 aromatic rings. The molecule has 8 heteroatoms. The van der Waals surface area contributed by atoms with E-state index in [9.17, 15) is 14.9 Å². The van der Waals surface area contributed by atoms with Gasteiger partial charge in [0, 0.05) is 13.1 Å². The van der Waals surface area contributed by atoms with E-state index in [1.165, 1.54) is 6.20 Å². The van der Waals surface area contributed by atoms with Gasteiger partial charge in [0.05, 0.1) is 11.0 Å². The van der Waals surface area contributed by atoms with Gasteiger partial charge in [0.25, 0.3) is 0 Å². The van der Waals surface area contributed by atoms with Crippen LogP contribution in [0.15, 0.2) is 6.20 Å². The van der Waals surface area contributed by atoms with Crippen LogP contribution in [-0.4, -0.2) is 44.4 Å². The summed E-state index contributed by atoms with van der Waals surface area (Å²) in [5, 5.41) is 15.1. The molecular weight excluding hydrogens is 288 g/mol. The van der Waals surface area contributed by atoms with E-state index >= 15 is 0 Å². The molecule has 1 fully saturated rings. The minimum Gasteiger partial charge on any atom is -0.444 e. The lowest BCUT2D eigenvalue weighted by atomic mass is 10.1. The van der Waals surface area contributed by atoms with Crippen molar-refractivity contribution in [1.82, 2.24) is 14.7 Å². The molecule has 1 unspecified atom stereocenters. The molecule has 1 aromatic heterocycles. The molecule has 1 amide bonds. The highest BCUT2D eigenvalue weighted by molar-refractivity contribution is 5.68. The largest absolute Gasteiger partial charge is 0.444 e. The molecule has 0 aromatic carbocycles. The number of nitro groups is 1. The van der Waals surface area contributed by atoms with Crippen molar-refractivity contribution in [3.8, 4) is 0 Å². The highest BCUT2D eigenvalue weighted by Gasteiger charge is 2.30. The maximum Gasteiger partial charge on any atom is 0.410 e. The first-order chi connectivity index (χ1) is 10.2. The first-order valence-corrected chi connectivity index (χ1v) is 7.35. The van der Waals surface area contributed by atoms with Crippen molar-refractivity contribution in [2.75, 3.05) is 13.1 Å². The second kappa shape index (κ2) is 5.94. The molecular formula is C14H22N4O4. The van der Waals surface area contributed by atoms with Gasteiger partial charge in [-0.15, -0.1) is 0 Å². The monoisotopic (exact) mass is 310 g/mol. The molecule has 2 rings (SSSR count). The molecule has 0 bridgehead atoms. The van der Waals surface area contributed by atoms with Crippen molar-refractivity contribution in [3.63, 3.8) is 0 Å². The average molecular weight is 310 g/mol. The minimum atomic E-state index is -0.537. The Morgan fingerprint density at radius 1 is 1.50 bits per heavy atom. The number of nitrogens with zero attached hydrogens (tertiary/aromatic N) is 4. The minimum absolute atomic E-state index is 0.00870. The molecule has 0 saturated carbocycles. The lowest BCUT2D eigenvalue weighted by Crippen LogP contribution is -2.43. The third-order valence-corrected chi connectivity index (χ3v) is 3.51. The second-order valence-electron chi connectivity index (χ2n) is 6.56. The normalized spacial score (nSPS) is 19.1. The Labute approximate surface area is 129 Å². The van der Waals surface area contributed by atoms with Gasteiger partial charge in [-0.25, -0.2) is 4.79 Å². The van der Waals surface area contributed by atoms with Crippen molar-refractivity contribution >= 4 is 11.8 Å². The summed E-state index contributed by atoms with van der Waals surface area (Å²) in [4.78, 5) is 24.3. The van der Waals surface area contributed by atoms with E-state index < -0.39 is 10.5 Å². The molecule has 22 heavy (non-hydrogen) atoms. The summed E-state index contributed by atoms with van der Waals surface area (Å²) >= 11 is 0. The smallest absolute Gasteiger partial charge is 0.410 e. The van der Waals surface area contributed by atoms with Crippen LogP contribution in [0, 0.1) is 17.0 Å². The third-order valence-electron chi connectivity index (χ3n) is 3.51. The van der Waals surface area contributed by atoms with Crippen LogP contribution in [-0.2, 0) is 4.74 Å². The van der Waals surface area contributed by atoms with Crippen LogP contribution in [0.5, 0.6) is 0 Å². The number of carbonyl (C=O) groups excluding carboxylic acids is 1. The van der Waals surface area contributed by atoms with Crippen LogP contribution in [0.4, 0.5) is 10.5 Å². The van der Waals surface area contributed by atoms with Gasteiger partial charge in [-0.1, -0.05) is 0 Å². The van der Waals surface area contributed by atoms with Gasteiger partial charge in [0.2, 0.25) is 0 Å². The number of piperidine rings is 1. The molecule has 0 N–H and O–H groups in total. The number of amides is 1. The van der Waals surface area contributed by atoms with E-state index in [4.69, 9.17) is 4.74 Å². The van der Waals surface area contributed by atoms with Gasteiger partial charge in [-0.3, -0.25) is 14.8 Å². The summed E-state index contributed by atoms with van der Waals surface area (Å²) in [7, 11) is 0. The number of aryl methyl sites for hydroxylation is 1. The quantitative estimate of drug-likeness (QED) is 0.618. The standard InChI is InChI=1S/C14H22N4O4/c1-10-12(18(20)21)9-17(15-10)11-6-5-7-16(8-11)13(19)22-14(2,3)4/h9,11H,5-8H2,1-4H3. The molecule has 8 nitrogen and oxygen atoms in total. The zero-order valence-electron chi connectivity index (χ0n) is 13.4. The van der Waals surface area contributed by atoms with Crippen molar-refractivity contribution in [2.45, 2.75) is 52.2 Å². The molecule has 1 aliphatic rings. The van der Waals surface area contributed by atoms with Gasteiger partial charge in [0.1, 0.15) is 17.5 Å². The topological polar surface area (TPSA) is 90.5 Å². The van der Waals surface area contributed by atoms with Crippen LogP contribution in [0.1, 0.15) is 45.3 Å². The Balaban J connectivity index is 2.09. The molecule has 1 aliphatic heterocycles. The van der Waals surface area contributed by atoms with E-state index in [1.807, 2.05) is 20.8 Å². The average Bonchev–Trinajstić information content (AvgIpc) is 2.79. The summed E-state index contributed by atoms with van der Waals surface area (Å²) in [6, 6.07) is -0.0614. The van der Waals surface area contributed by atoms with E-state index in [-0.39, 0.29) is 17.8 Å². The van der Waals surface area contributed by atoms with Gasteiger partial charge in [-0.2, -0.15) is 5.10 Å². The number of ether oxygens (including phenoxy) is 1. The number of hydrogen-bond acceptors (Lipinski definition) is 5. The second-order valence-corrected chi connectivity index (χ2v) is 6.56. The Bertz CT molecular complexity index is 576. The van der Waals surface area contributed by atoms with Crippen molar-refractivity contribution in [2.24, 2.45) is 0 Å². The molecule has 0 radical (unpaired) electrons. The van der Waals surface area contributed by atoms with Gasteiger partial charge < -0.3 is 9.64 Å². The number of carbonyl (C=O) groups is 1. The highest BCUT2D eigenvalue weighted by Crippen LogP contribution is 2.25. The van der Waals surface area contributed by atoms with Crippen LogP contribution in [0.25, 0.3) is 0 Å².